The first-order valence-electron chi connectivity index (χ1n) is 8.14. The first-order chi connectivity index (χ1) is 11.0. The lowest BCUT2D eigenvalue weighted by molar-refractivity contribution is -0.152. The van der Waals surface area contributed by atoms with Gasteiger partial charge >= 0.3 is 5.97 Å². The quantitative estimate of drug-likeness (QED) is 0.871. The Kier molecular flexibility index (Phi) is 5.58. The van der Waals surface area contributed by atoms with Crippen molar-refractivity contribution in [3.8, 4) is 5.88 Å². The van der Waals surface area contributed by atoms with E-state index in [1.54, 1.807) is 23.2 Å². The fourth-order valence-electron chi connectivity index (χ4n) is 3.24. The second-order valence-corrected chi connectivity index (χ2v) is 5.95. The van der Waals surface area contributed by atoms with Crippen LogP contribution in [0.3, 0.4) is 0 Å². The van der Waals surface area contributed by atoms with Gasteiger partial charge < -0.3 is 14.7 Å². The molecule has 1 aliphatic heterocycles. The molecule has 2 heterocycles. The van der Waals surface area contributed by atoms with Crippen LogP contribution < -0.4 is 4.74 Å². The van der Waals surface area contributed by atoms with Crippen molar-refractivity contribution in [2.45, 2.75) is 39.5 Å². The summed E-state index contributed by atoms with van der Waals surface area (Å²) in [5.74, 6) is -0.710. The molecule has 0 aliphatic carbocycles. The number of ether oxygens (including phenoxy) is 1. The van der Waals surface area contributed by atoms with Gasteiger partial charge in [-0.05, 0) is 38.3 Å². The van der Waals surface area contributed by atoms with Crippen molar-refractivity contribution in [2.75, 3.05) is 19.7 Å². The van der Waals surface area contributed by atoms with Gasteiger partial charge in [0.1, 0.15) is 5.56 Å². The van der Waals surface area contributed by atoms with Crippen molar-refractivity contribution >= 4 is 11.9 Å². The predicted octanol–water partition coefficient (Wildman–Crippen LogP) is 2.59. The third-order valence-corrected chi connectivity index (χ3v) is 4.33. The molecular weight excluding hydrogens is 296 g/mol. The van der Waals surface area contributed by atoms with E-state index in [-0.39, 0.29) is 12.5 Å². The fourth-order valence-corrected chi connectivity index (χ4v) is 3.24. The molecule has 0 saturated carbocycles. The molecule has 1 aromatic rings. The number of nitrogens with zero attached hydrogens (tertiary/aromatic N) is 2. The third-order valence-electron chi connectivity index (χ3n) is 4.33. The Balaban J connectivity index is 2.24. The monoisotopic (exact) mass is 320 g/mol. The molecule has 0 aromatic carbocycles. The zero-order valence-corrected chi connectivity index (χ0v) is 13.7. The highest BCUT2D eigenvalue weighted by Gasteiger charge is 2.43. The van der Waals surface area contributed by atoms with Crippen LogP contribution in [0, 0.1) is 5.41 Å². The van der Waals surface area contributed by atoms with Crippen molar-refractivity contribution in [2.24, 2.45) is 5.41 Å². The molecule has 1 atom stereocenters. The minimum atomic E-state index is -0.837. The molecule has 1 amide bonds. The first-order valence-corrected chi connectivity index (χ1v) is 8.14. The number of piperidine rings is 1. The average Bonchev–Trinajstić information content (AvgIpc) is 2.55. The number of carboxylic acid groups (broad SMARTS) is 1. The van der Waals surface area contributed by atoms with Gasteiger partial charge in [-0.25, -0.2) is 4.98 Å². The molecule has 2 rings (SSSR count). The van der Waals surface area contributed by atoms with Crippen molar-refractivity contribution < 1.29 is 19.4 Å². The van der Waals surface area contributed by atoms with Crippen LogP contribution in [0.5, 0.6) is 5.88 Å². The normalized spacial score (nSPS) is 21.0. The molecule has 6 heteroatoms. The summed E-state index contributed by atoms with van der Waals surface area (Å²) in [5.41, 5.74) is -0.441. The number of hydrogen-bond acceptors (Lipinski definition) is 4. The van der Waals surface area contributed by atoms with Crippen LogP contribution >= 0.6 is 0 Å². The Hall–Kier alpha value is -2.11. The summed E-state index contributed by atoms with van der Waals surface area (Å²) in [6.45, 7) is 5.04. The lowest BCUT2D eigenvalue weighted by Crippen LogP contribution is -2.50. The largest absolute Gasteiger partial charge is 0.481 e. The summed E-state index contributed by atoms with van der Waals surface area (Å²) in [6.07, 6.45) is 4.26. The van der Waals surface area contributed by atoms with Crippen LogP contribution in [0.25, 0.3) is 0 Å². The number of carboxylic acids is 1. The summed E-state index contributed by atoms with van der Waals surface area (Å²) in [4.78, 5) is 30.3. The highest BCUT2D eigenvalue weighted by atomic mass is 16.5. The maximum atomic E-state index is 12.8. The van der Waals surface area contributed by atoms with E-state index >= 15 is 0 Å². The molecule has 1 aliphatic rings. The highest BCUT2D eigenvalue weighted by molar-refractivity contribution is 5.96. The van der Waals surface area contributed by atoms with Crippen LogP contribution in [-0.2, 0) is 4.79 Å². The number of amides is 1. The molecule has 0 radical (unpaired) electrons. The van der Waals surface area contributed by atoms with E-state index in [1.165, 1.54) is 0 Å². The summed E-state index contributed by atoms with van der Waals surface area (Å²) in [7, 11) is 0. The zero-order chi connectivity index (χ0) is 16.9. The minimum absolute atomic E-state index is 0.206. The van der Waals surface area contributed by atoms with Gasteiger partial charge in [-0.2, -0.15) is 0 Å². The highest BCUT2D eigenvalue weighted by Crippen LogP contribution is 2.36. The van der Waals surface area contributed by atoms with Gasteiger partial charge in [0, 0.05) is 19.3 Å². The molecule has 23 heavy (non-hydrogen) atoms. The van der Waals surface area contributed by atoms with E-state index in [9.17, 15) is 14.7 Å². The molecule has 0 spiro atoms. The molecule has 126 valence electrons. The van der Waals surface area contributed by atoms with Gasteiger partial charge in [-0.3, -0.25) is 9.59 Å². The van der Waals surface area contributed by atoms with Gasteiger partial charge in [0.2, 0.25) is 5.88 Å². The van der Waals surface area contributed by atoms with Crippen LogP contribution in [0.2, 0.25) is 0 Å². The number of carbonyl (C=O) groups excluding carboxylic acids is 1. The second-order valence-electron chi connectivity index (χ2n) is 5.95. The van der Waals surface area contributed by atoms with E-state index in [0.29, 0.717) is 43.9 Å². The molecule has 1 saturated heterocycles. The maximum absolute atomic E-state index is 12.8. The number of likely N-dealkylation sites (tertiary alicyclic amines) is 1. The van der Waals surface area contributed by atoms with Crippen LogP contribution in [0.4, 0.5) is 0 Å². The molecule has 1 fully saturated rings. The summed E-state index contributed by atoms with van der Waals surface area (Å²) >= 11 is 0. The van der Waals surface area contributed by atoms with Crippen LogP contribution in [0.15, 0.2) is 18.3 Å². The SMILES string of the molecule is CCC[C@]1(C(=O)O)CCCN(C(=O)c2cccnc2OCC)C1. The Bertz CT molecular complexity index is 571. The Morgan fingerprint density at radius 3 is 2.87 bits per heavy atom. The standard InChI is InChI=1S/C17H24N2O4/c1-3-8-17(16(21)22)9-6-11-19(12-17)15(20)13-7-5-10-18-14(13)23-4-2/h5,7,10H,3-4,6,8-9,11-12H2,1-2H3,(H,21,22)/t17-/m0/s1. The zero-order valence-electron chi connectivity index (χ0n) is 13.7. The van der Waals surface area contributed by atoms with Gasteiger partial charge in [0.05, 0.1) is 12.0 Å². The molecule has 0 bridgehead atoms. The van der Waals surface area contributed by atoms with E-state index in [2.05, 4.69) is 4.98 Å². The van der Waals surface area contributed by atoms with E-state index < -0.39 is 11.4 Å². The number of aromatic nitrogens is 1. The van der Waals surface area contributed by atoms with Crippen molar-refractivity contribution in [1.29, 1.82) is 0 Å². The average molecular weight is 320 g/mol. The molecule has 6 nitrogen and oxygen atoms in total. The fraction of sp³-hybridized carbons (Fsp3) is 0.588. The first kappa shape index (κ1) is 17.2. The van der Waals surface area contributed by atoms with Crippen LogP contribution in [0.1, 0.15) is 49.9 Å². The van der Waals surface area contributed by atoms with E-state index in [0.717, 1.165) is 6.42 Å². The number of pyridine rings is 1. The van der Waals surface area contributed by atoms with Gasteiger partial charge in [0.15, 0.2) is 0 Å². The van der Waals surface area contributed by atoms with Crippen LogP contribution in [-0.4, -0.2) is 46.6 Å². The number of aliphatic carboxylic acids is 1. The van der Waals surface area contributed by atoms with Gasteiger partial charge in [-0.1, -0.05) is 13.3 Å². The topological polar surface area (TPSA) is 79.7 Å². The Labute approximate surface area is 136 Å². The smallest absolute Gasteiger partial charge is 0.311 e. The van der Waals surface area contributed by atoms with E-state index in [4.69, 9.17) is 4.74 Å². The summed E-state index contributed by atoms with van der Waals surface area (Å²) < 4.78 is 5.42. The lowest BCUT2D eigenvalue weighted by Gasteiger charge is -2.40. The Morgan fingerprint density at radius 1 is 1.43 bits per heavy atom. The molecular formula is C17H24N2O4. The molecule has 1 N–H and O–H groups in total. The van der Waals surface area contributed by atoms with Crippen molar-refractivity contribution in [1.82, 2.24) is 9.88 Å². The lowest BCUT2D eigenvalue weighted by atomic mass is 9.76. The maximum Gasteiger partial charge on any atom is 0.311 e. The number of hydrogen-bond donors (Lipinski definition) is 1. The summed E-state index contributed by atoms with van der Waals surface area (Å²) in [6, 6.07) is 3.37. The number of rotatable bonds is 6. The molecule has 0 unspecified atom stereocenters. The summed E-state index contributed by atoms with van der Waals surface area (Å²) in [5, 5.41) is 9.65. The van der Waals surface area contributed by atoms with Crippen molar-refractivity contribution in [3.05, 3.63) is 23.9 Å². The molecule has 1 aromatic heterocycles. The Morgan fingerprint density at radius 2 is 2.22 bits per heavy atom. The van der Waals surface area contributed by atoms with E-state index in [1.807, 2.05) is 13.8 Å². The third kappa shape index (κ3) is 3.63. The van der Waals surface area contributed by atoms with Gasteiger partial charge in [0.25, 0.3) is 5.91 Å². The number of carbonyl (C=O) groups is 2. The predicted molar refractivity (Wildman–Crippen MR) is 85.5 cm³/mol. The minimum Gasteiger partial charge on any atom is -0.481 e. The second kappa shape index (κ2) is 7.44. The van der Waals surface area contributed by atoms with Crippen molar-refractivity contribution in [3.63, 3.8) is 0 Å². The van der Waals surface area contributed by atoms with Gasteiger partial charge in [-0.15, -0.1) is 0 Å².